The molecule has 20 heavy (non-hydrogen) atoms. The zero-order valence-electron chi connectivity index (χ0n) is 11.4. The Balaban J connectivity index is 2.87. The van der Waals surface area contributed by atoms with Crippen LogP contribution in [0.1, 0.15) is 33.1 Å². The van der Waals surface area contributed by atoms with Gasteiger partial charge < -0.3 is 14.9 Å². The van der Waals surface area contributed by atoms with Crippen LogP contribution in [0.15, 0.2) is 0 Å². The monoisotopic (exact) mass is 286 g/mol. The van der Waals surface area contributed by atoms with Gasteiger partial charge in [-0.25, -0.2) is 0 Å². The lowest BCUT2D eigenvalue weighted by Crippen LogP contribution is -2.45. The topological polar surface area (TPSA) is 118 Å². The fourth-order valence-corrected chi connectivity index (χ4v) is 2.48. The maximum Gasteiger partial charge on any atom is 0.319 e. The third-order valence-electron chi connectivity index (χ3n) is 3.81. The normalized spacial score (nSPS) is 26.4. The maximum absolute atomic E-state index is 12.1. The van der Waals surface area contributed by atoms with E-state index in [1.807, 2.05) is 0 Å². The maximum atomic E-state index is 12.1. The first-order valence-electron chi connectivity index (χ1n) is 6.40. The molecule has 2 atom stereocenters. The first kappa shape index (κ1) is 16.1. The molecule has 1 aliphatic carbocycles. The molecule has 7 nitrogen and oxygen atoms in total. The molecule has 7 heteroatoms. The van der Waals surface area contributed by atoms with Gasteiger partial charge in [-0.15, -0.1) is 0 Å². The second-order valence-corrected chi connectivity index (χ2v) is 5.13. The third-order valence-corrected chi connectivity index (χ3v) is 3.81. The second kappa shape index (κ2) is 6.02. The molecule has 0 radical (unpaired) electrons. The Morgan fingerprint density at radius 3 is 2.30 bits per heavy atom. The highest BCUT2D eigenvalue weighted by molar-refractivity contribution is 6.04. The molecule has 1 aliphatic rings. The van der Waals surface area contributed by atoms with E-state index in [1.165, 1.54) is 6.92 Å². The van der Waals surface area contributed by atoms with Crippen LogP contribution >= 0.6 is 0 Å². The SMILES string of the molecule is CCOC(=O)[C@@]1(C)CC[C@@H](C(C(=O)O)C(=O)O)CC1=O. The molecule has 0 unspecified atom stereocenters. The van der Waals surface area contributed by atoms with E-state index < -0.39 is 40.9 Å². The lowest BCUT2D eigenvalue weighted by molar-refractivity contribution is -0.164. The van der Waals surface area contributed by atoms with Crippen molar-refractivity contribution in [1.82, 2.24) is 0 Å². The quantitative estimate of drug-likeness (QED) is 0.564. The zero-order chi connectivity index (χ0) is 15.5. The van der Waals surface area contributed by atoms with Crippen LogP contribution in [0.4, 0.5) is 0 Å². The summed E-state index contributed by atoms with van der Waals surface area (Å²) in [6, 6.07) is 0. The molecule has 0 bridgehead atoms. The summed E-state index contributed by atoms with van der Waals surface area (Å²) >= 11 is 0. The number of esters is 1. The first-order valence-corrected chi connectivity index (χ1v) is 6.40. The van der Waals surface area contributed by atoms with Crippen molar-refractivity contribution in [3.05, 3.63) is 0 Å². The summed E-state index contributed by atoms with van der Waals surface area (Å²) in [5, 5.41) is 17.8. The number of carbonyl (C=O) groups is 4. The number of aliphatic carboxylic acids is 2. The summed E-state index contributed by atoms with van der Waals surface area (Å²) in [7, 11) is 0. The molecule has 2 N–H and O–H groups in total. The van der Waals surface area contributed by atoms with Crippen molar-refractivity contribution in [1.29, 1.82) is 0 Å². The van der Waals surface area contributed by atoms with Crippen LogP contribution in [0, 0.1) is 17.3 Å². The van der Waals surface area contributed by atoms with Gasteiger partial charge in [-0.05, 0) is 32.6 Å². The molecule has 0 heterocycles. The lowest BCUT2D eigenvalue weighted by Gasteiger charge is -2.34. The zero-order valence-corrected chi connectivity index (χ0v) is 11.4. The molecule has 0 amide bonds. The number of ether oxygens (including phenoxy) is 1. The number of Topliss-reactive ketones (excluding diaryl/α,β-unsaturated/α-hetero) is 1. The number of ketones is 1. The summed E-state index contributed by atoms with van der Waals surface area (Å²) in [5.74, 6) is -6.43. The van der Waals surface area contributed by atoms with E-state index in [1.54, 1.807) is 6.92 Å². The minimum Gasteiger partial charge on any atom is -0.481 e. The number of hydrogen-bond acceptors (Lipinski definition) is 5. The highest BCUT2D eigenvalue weighted by atomic mass is 16.5. The van der Waals surface area contributed by atoms with Gasteiger partial charge in [0.05, 0.1) is 6.61 Å². The highest BCUT2D eigenvalue weighted by Crippen LogP contribution is 2.39. The largest absolute Gasteiger partial charge is 0.481 e. The second-order valence-electron chi connectivity index (χ2n) is 5.13. The summed E-state index contributed by atoms with van der Waals surface area (Å²) < 4.78 is 4.85. The van der Waals surface area contributed by atoms with E-state index in [4.69, 9.17) is 14.9 Å². The molecule has 0 spiro atoms. The van der Waals surface area contributed by atoms with Crippen LogP contribution in [0.5, 0.6) is 0 Å². The van der Waals surface area contributed by atoms with Crippen molar-refractivity contribution in [2.24, 2.45) is 17.3 Å². The van der Waals surface area contributed by atoms with Crippen LogP contribution in [0.2, 0.25) is 0 Å². The van der Waals surface area contributed by atoms with Gasteiger partial charge in [0.2, 0.25) is 0 Å². The molecule has 0 aromatic rings. The highest BCUT2D eigenvalue weighted by Gasteiger charge is 2.49. The van der Waals surface area contributed by atoms with E-state index >= 15 is 0 Å². The summed E-state index contributed by atoms with van der Waals surface area (Å²) in [6.45, 7) is 3.24. The molecule has 112 valence electrons. The minimum absolute atomic E-state index is 0.104. The van der Waals surface area contributed by atoms with Gasteiger partial charge in [0.15, 0.2) is 5.92 Å². The van der Waals surface area contributed by atoms with Crippen molar-refractivity contribution in [3.63, 3.8) is 0 Å². The van der Waals surface area contributed by atoms with Gasteiger partial charge in [-0.3, -0.25) is 19.2 Å². The van der Waals surface area contributed by atoms with Gasteiger partial charge >= 0.3 is 17.9 Å². The molecule has 1 saturated carbocycles. The van der Waals surface area contributed by atoms with Crippen LogP contribution in [-0.4, -0.2) is 40.5 Å². The van der Waals surface area contributed by atoms with Crippen LogP contribution in [-0.2, 0) is 23.9 Å². The fourth-order valence-electron chi connectivity index (χ4n) is 2.48. The Labute approximate surface area is 115 Å². The van der Waals surface area contributed by atoms with Crippen LogP contribution in [0.3, 0.4) is 0 Å². The minimum atomic E-state index is -1.62. The Bertz CT molecular complexity index is 428. The molecule has 1 rings (SSSR count). The number of carbonyl (C=O) groups excluding carboxylic acids is 2. The van der Waals surface area contributed by atoms with E-state index in [9.17, 15) is 19.2 Å². The number of rotatable bonds is 5. The average Bonchev–Trinajstić information content (AvgIpc) is 2.33. The van der Waals surface area contributed by atoms with Crippen molar-refractivity contribution >= 4 is 23.7 Å². The Hall–Kier alpha value is -1.92. The smallest absolute Gasteiger partial charge is 0.319 e. The van der Waals surface area contributed by atoms with E-state index in [2.05, 4.69) is 0 Å². The third kappa shape index (κ3) is 2.97. The number of hydrogen-bond donors (Lipinski definition) is 2. The summed E-state index contributed by atoms with van der Waals surface area (Å²) in [5.41, 5.74) is -1.30. The average molecular weight is 286 g/mol. The van der Waals surface area contributed by atoms with Crippen LogP contribution in [0.25, 0.3) is 0 Å². The molecule has 0 saturated heterocycles. The van der Waals surface area contributed by atoms with Crippen molar-refractivity contribution in [3.8, 4) is 0 Å². The lowest BCUT2D eigenvalue weighted by atomic mass is 9.67. The summed E-state index contributed by atoms with van der Waals surface area (Å²) in [4.78, 5) is 45.8. The molecular weight excluding hydrogens is 268 g/mol. The predicted molar refractivity (Wildman–Crippen MR) is 65.8 cm³/mol. The molecule has 0 aromatic heterocycles. The fraction of sp³-hybridized carbons (Fsp3) is 0.692. The first-order chi connectivity index (χ1) is 9.24. The van der Waals surface area contributed by atoms with Crippen molar-refractivity contribution < 1.29 is 34.1 Å². The summed E-state index contributed by atoms with van der Waals surface area (Å²) in [6.07, 6.45) is 0.0509. The van der Waals surface area contributed by atoms with Gasteiger partial charge in [0.1, 0.15) is 11.2 Å². The van der Waals surface area contributed by atoms with E-state index in [0.29, 0.717) is 0 Å². The Kier molecular flexibility index (Phi) is 4.86. The van der Waals surface area contributed by atoms with Crippen molar-refractivity contribution in [2.45, 2.75) is 33.1 Å². The molecule has 0 aromatic carbocycles. The van der Waals surface area contributed by atoms with E-state index in [-0.39, 0.29) is 25.9 Å². The van der Waals surface area contributed by atoms with Gasteiger partial charge in [0.25, 0.3) is 0 Å². The van der Waals surface area contributed by atoms with E-state index in [0.717, 1.165) is 0 Å². The standard InChI is InChI=1S/C13H18O7/c1-3-20-12(19)13(2)5-4-7(6-8(13)14)9(10(15)16)11(17)18/h7,9H,3-6H2,1-2H3,(H,15,16)(H,17,18)/t7-,13+/m1/s1. The Morgan fingerprint density at radius 2 is 1.90 bits per heavy atom. The van der Waals surface area contributed by atoms with Crippen molar-refractivity contribution in [2.75, 3.05) is 6.61 Å². The Morgan fingerprint density at radius 1 is 1.35 bits per heavy atom. The van der Waals surface area contributed by atoms with Gasteiger partial charge in [-0.2, -0.15) is 0 Å². The predicted octanol–water partition coefficient (Wildman–Crippen LogP) is 0.710. The van der Waals surface area contributed by atoms with Gasteiger partial charge in [0, 0.05) is 6.42 Å². The number of carboxylic acid groups (broad SMARTS) is 2. The van der Waals surface area contributed by atoms with Gasteiger partial charge in [-0.1, -0.05) is 0 Å². The molecule has 1 fully saturated rings. The molecular formula is C13H18O7. The number of carboxylic acids is 2. The molecule has 0 aliphatic heterocycles. The van der Waals surface area contributed by atoms with Crippen LogP contribution < -0.4 is 0 Å².